The largest absolute Gasteiger partial charge is 0.353 e. The molecule has 2 N–H and O–H groups in total. The average Bonchev–Trinajstić information content (AvgIpc) is 2.96. The Morgan fingerprint density at radius 2 is 1.94 bits per heavy atom. The molecule has 92 valence electrons. The van der Waals surface area contributed by atoms with Crippen molar-refractivity contribution in [3.05, 3.63) is 0 Å². The SMILES string of the molecule is CCC1CCC(NCCC(=O)NC2CC2)C1. The second-order valence-electron chi connectivity index (χ2n) is 5.33. The summed E-state index contributed by atoms with van der Waals surface area (Å²) in [4.78, 5) is 11.4. The molecule has 2 unspecified atom stereocenters. The summed E-state index contributed by atoms with van der Waals surface area (Å²) in [6.07, 6.45) is 8.27. The van der Waals surface area contributed by atoms with Crippen LogP contribution in [-0.2, 0) is 4.79 Å². The van der Waals surface area contributed by atoms with Crippen LogP contribution in [0.25, 0.3) is 0 Å². The molecule has 0 saturated heterocycles. The molecule has 3 nitrogen and oxygen atoms in total. The molecule has 0 radical (unpaired) electrons. The topological polar surface area (TPSA) is 41.1 Å². The van der Waals surface area contributed by atoms with Crippen molar-refractivity contribution in [2.75, 3.05) is 6.54 Å². The van der Waals surface area contributed by atoms with Gasteiger partial charge in [-0.1, -0.05) is 13.3 Å². The fraction of sp³-hybridized carbons (Fsp3) is 0.923. The third-order valence-electron chi connectivity index (χ3n) is 3.85. The van der Waals surface area contributed by atoms with E-state index in [2.05, 4.69) is 17.6 Å². The van der Waals surface area contributed by atoms with E-state index in [4.69, 9.17) is 0 Å². The standard InChI is InChI=1S/C13H24N2O/c1-2-10-3-4-12(9-10)14-8-7-13(16)15-11-5-6-11/h10-12,14H,2-9H2,1H3,(H,15,16). The minimum Gasteiger partial charge on any atom is -0.353 e. The monoisotopic (exact) mass is 224 g/mol. The molecule has 2 aliphatic rings. The molecular formula is C13H24N2O. The Kier molecular flexibility index (Phi) is 4.22. The predicted octanol–water partition coefficient (Wildman–Crippen LogP) is 1.82. The Morgan fingerprint density at radius 1 is 1.19 bits per heavy atom. The number of amides is 1. The van der Waals surface area contributed by atoms with Gasteiger partial charge in [0.15, 0.2) is 0 Å². The Hall–Kier alpha value is -0.570. The van der Waals surface area contributed by atoms with E-state index >= 15 is 0 Å². The van der Waals surface area contributed by atoms with E-state index in [9.17, 15) is 4.79 Å². The summed E-state index contributed by atoms with van der Waals surface area (Å²) in [5, 5.41) is 6.53. The van der Waals surface area contributed by atoms with Crippen LogP contribution in [0.4, 0.5) is 0 Å². The first-order valence-corrected chi connectivity index (χ1v) is 6.80. The van der Waals surface area contributed by atoms with Gasteiger partial charge in [-0.25, -0.2) is 0 Å². The summed E-state index contributed by atoms with van der Waals surface area (Å²) in [7, 11) is 0. The zero-order chi connectivity index (χ0) is 11.4. The van der Waals surface area contributed by atoms with Crippen molar-refractivity contribution < 1.29 is 4.79 Å². The Bertz CT molecular complexity index is 238. The van der Waals surface area contributed by atoms with Gasteiger partial charge in [0.2, 0.25) is 5.91 Å². The lowest BCUT2D eigenvalue weighted by Crippen LogP contribution is -2.33. The van der Waals surface area contributed by atoms with E-state index in [1.54, 1.807) is 0 Å². The maximum absolute atomic E-state index is 11.4. The summed E-state index contributed by atoms with van der Waals surface area (Å²) in [5.41, 5.74) is 0. The number of carbonyl (C=O) groups excluding carboxylic acids is 1. The van der Waals surface area contributed by atoms with Gasteiger partial charge in [0, 0.05) is 25.0 Å². The van der Waals surface area contributed by atoms with Gasteiger partial charge in [0.1, 0.15) is 0 Å². The first-order chi connectivity index (χ1) is 7.78. The van der Waals surface area contributed by atoms with E-state index in [0.29, 0.717) is 18.5 Å². The normalized spacial score (nSPS) is 29.3. The van der Waals surface area contributed by atoms with Crippen molar-refractivity contribution in [2.45, 2.75) is 64.0 Å². The maximum atomic E-state index is 11.4. The van der Waals surface area contributed by atoms with Gasteiger partial charge >= 0.3 is 0 Å². The summed E-state index contributed by atoms with van der Waals surface area (Å²) >= 11 is 0. The molecule has 2 aliphatic carbocycles. The Labute approximate surface area is 98.4 Å². The van der Waals surface area contributed by atoms with Gasteiger partial charge in [-0.2, -0.15) is 0 Å². The zero-order valence-corrected chi connectivity index (χ0v) is 10.3. The van der Waals surface area contributed by atoms with Gasteiger partial charge in [-0.15, -0.1) is 0 Å². The highest BCUT2D eigenvalue weighted by atomic mass is 16.1. The lowest BCUT2D eigenvalue weighted by Gasteiger charge is -2.12. The summed E-state index contributed by atoms with van der Waals surface area (Å²) in [6.45, 7) is 3.12. The van der Waals surface area contributed by atoms with E-state index < -0.39 is 0 Å². The van der Waals surface area contributed by atoms with Crippen LogP contribution in [0.5, 0.6) is 0 Å². The molecule has 0 aromatic rings. The fourth-order valence-corrected chi connectivity index (χ4v) is 2.55. The number of hydrogen-bond donors (Lipinski definition) is 2. The summed E-state index contributed by atoms with van der Waals surface area (Å²) in [5.74, 6) is 1.14. The van der Waals surface area contributed by atoms with Gasteiger partial charge in [-0.3, -0.25) is 4.79 Å². The van der Waals surface area contributed by atoms with E-state index in [1.165, 1.54) is 38.5 Å². The zero-order valence-electron chi connectivity index (χ0n) is 10.3. The van der Waals surface area contributed by atoms with Crippen molar-refractivity contribution in [2.24, 2.45) is 5.92 Å². The maximum Gasteiger partial charge on any atom is 0.221 e. The third-order valence-corrected chi connectivity index (χ3v) is 3.85. The van der Waals surface area contributed by atoms with Crippen molar-refractivity contribution in [1.82, 2.24) is 10.6 Å². The smallest absolute Gasteiger partial charge is 0.221 e. The quantitative estimate of drug-likeness (QED) is 0.722. The molecule has 0 aromatic carbocycles. The molecule has 2 rings (SSSR count). The molecule has 0 heterocycles. The van der Waals surface area contributed by atoms with Crippen molar-refractivity contribution >= 4 is 5.91 Å². The first kappa shape index (κ1) is 11.9. The first-order valence-electron chi connectivity index (χ1n) is 6.80. The van der Waals surface area contributed by atoms with E-state index in [1.807, 2.05) is 0 Å². The average molecular weight is 224 g/mol. The second kappa shape index (κ2) is 5.67. The number of hydrogen-bond acceptors (Lipinski definition) is 2. The van der Waals surface area contributed by atoms with Crippen LogP contribution in [0, 0.1) is 5.92 Å². The molecular weight excluding hydrogens is 200 g/mol. The van der Waals surface area contributed by atoms with Crippen LogP contribution in [0.15, 0.2) is 0 Å². The number of nitrogens with one attached hydrogen (secondary N) is 2. The number of carbonyl (C=O) groups is 1. The second-order valence-corrected chi connectivity index (χ2v) is 5.33. The summed E-state index contributed by atoms with van der Waals surface area (Å²) < 4.78 is 0. The van der Waals surface area contributed by atoms with E-state index in [-0.39, 0.29) is 5.91 Å². The highest BCUT2D eigenvalue weighted by molar-refractivity contribution is 5.76. The molecule has 2 atom stereocenters. The van der Waals surface area contributed by atoms with Gasteiger partial charge in [0.05, 0.1) is 0 Å². The third kappa shape index (κ3) is 3.78. The Balaban J connectivity index is 1.52. The molecule has 2 saturated carbocycles. The fourth-order valence-electron chi connectivity index (χ4n) is 2.55. The van der Waals surface area contributed by atoms with Gasteiger partial charge < -0.3 is 10.6 Å². The highest BCUT2D eigenvalue weighted by Crippen LogP contribution is 2.27. The van der Waals surface area contributed by atoms with Crippen LogP contribution in [0.1, 0.15) is 51.9 Å². The van der Waals surface area contributed by atoms with Crippen LogP contribution in [0.2, 0.25) is 0 Å². The molecule has 1 amide bonds. The van der Waals surface area contributed by atoms with Crippen LogP contribution in [-0.4, -0.2) is 24.5 Å². The summed E-state index contributed by atoms with van der Waals surface area (Å²) in [6, 6.07) is 1.17. The van der Waals surface area contributed by atoms with E-state index in [0.717, 1.165) is 12.5 Å². The minimum atomic E-state index is 0.222. The lowest BCUT2D eigenvalue weighted by molar-refractivity contribution is -0.121. The molecule has 2 fully saturated rings. The predicted molar refractivity (Wildman–Crippen MR) is 65.2 cm³/mol. The molecule has 0 aliphatic heterocycles. The Morgan fingerprint density at radius 3 is 2.56 bits per heavy atom. The molecule has 3 heteroatoms. The lowest BCUT2D eigenvalue weighted by atomic mass is 10.1. The molecule has 0 bridgehead atoms. The molecule has 0 aromatic heterocycles. The van der Waals surface area contributed by atoms with Crippen molar-refractivity contribution in [1.29, 1.82) is 0 Å². The van der Waals surface area contributed by atoms with Gasteiger partial charge in [-0.05, 0) is 38.0 Å². The van der Waals surface area contributed by atoms with Crippen molar-refractivity contribution in [3.63, 3.8) is 0 Å². The number of rotatable bonds is 6. The van der Waals surface area contributed by atoms with Crippen LogP contribution >= 0.6 is 0 Å². The van der Waals surface area contributed by atoms with Crippen LogP contribution < -0.4 is 10.6 Å². The van der Waals surface area contributed by atoms with Crippen molar-refractivity contribution in [3.8, 4) is 0 Å². The van der Waals surface area contributed by atoms with Crippen LogP contribution in [0.3, 0.4) is 0 Å². The minimum absolute atomic E-state index is 0.222. The van der Waals surface area contributed by atoms with Gasteiger partial charge in [0.25, 0.3) is 0 Å². The highest BCUT2D eigenvalue weighted by Gasteiger charge is 2.24. The molecule has 16 heavy (non-hydrogen) atoms. The molecule has 0 spiro atoms.